The SMILES string of the molecule is Cc1nn(-c2ccc(Br)cc2)c(C)c1CN(C)C(C)C(=O)O. The summed E-state index contributed by atoms with van der Waals surface area (Å²) in [7, 11) is 1.81. The average Bonchev–Trinajstić information content (AvgIpc) is 2.75. The first kappa shape index (κ1) is 16.7. The molecule has 1 unspecified atom stereocenters. The van der Waals surface area contributed by atoms with Crippen molar-refractivity contribution in [2.75, 3.05) is 7.05 Å². The van der Waals surface area contributed by atoms with Gasteiger partial charge in [-0.25, -0.2) is 4.68 Å². The normalized spacial score (nSPS) is 12.6. The Morgan fingerprint density at radius 3 is 2.50 bits per heavy atom. The molecule has 0 aliphatic heterocycles. The highest BCUT2D eigenvalue weighted by molar-refractivity contribution is 9.10. The van der Waals surface area contributed by atoms with Gasteiger partial charge in [-0.15, -0.1) is 0 Å². The van der Waals surface area contributed by atoms with E-state index < -0.39 is 12.0 Å². The van der Waals surface area contributed by atoms with Gasteiger partial charge in [0.1, 0.15) is 6.04 Å². The van der Waals surface area contributed by atoms with Crippen LogP contribution in [-0.2, 0) is 11.3 Å². The minimum atomic E-state index is -0.821. The molecule has 0 amide bonds. The fourth-order valence-electron chi connectivity index (χ4n) is 2.31. The maximum atomic E-state index is 11.1. The molecule has 1 aromatic heterocycles. The Morgan fingerprint density at radius 2 is 1.95 bits per heavy atom. The molecule has 0 fully saturated rings. The van der Waals surface area contributed by atoms with Crippen LogP contribution in [0, 0.1) is 13.8 Å². The fourth-order valence-corrected chi connectivity index (χ4v) is 2.58. The van der Waals surface area contributed by atoms with Crippen molar-refractivity contribution < 1.29 is 9.90 Å². The van der Waals surface area contributed by atoms with E-state index in [1.54, 1.807) is 6.92 Å². The summed E-state index contributed by atoms with van der Waals surface area (Å²) in [6.45, 7) is 6.21. The number of hydrogen-bond donors (Lipinski definition) is 1. The zero-order chi connectivity index (χ0) is 16.4. The topological polar surface area (TPSA) is 58.4 Å². The van der Waals surface area contributed by atoms with E-state index in [9.17, 15) is 4.79 Å². The maximum absolute atomic E-state index is 11.1. The first-order chi connectivity index (χ1) is 10.3. The summed E-state index contributed by atoms with van der Waals surface area (Å²) in [5.74, 6) is -0.821. The van der Waals surface area contributed by atoms with E-state index in [0.29, 0.717) is 6.54 Å². The zero-order valence-electron chi connectivity index (χ0n) is 13.2. The average molecular weight is 366 g/mol. The van der Waals surface area contributed by atoms with Crippen molar-refractivity contribution in [3.05, 3.63) is 45.7 Å². The lowest BCUT2D eigenvalue weighted by atomic mass is 10.1. The number of rotatable bonds is 5. The van der Waals surface area contributed by atoms with Crippen LogP contribution in [0.15, 0.2) is 28.7 Å². The second kappa shape index (κ2) is 6.62. The van der Waals surface area contributed by atoms with Crippen molar-refractivity contribution >= 4 is 21.9 Å². The van der Waals surface area contributed by atoms with Gasteiger partial charge in [-0.1, -0.05) is 15.9 Å². The molecule has 0 radical (unpaired) electrons. The number of aromatic nitrogens is 2. The predicted octanol–water partition coefficient (Wildman–Crippen LogP) is 3.16. The summed E-state index contributed by atoms with van der Waals surface area (Å²) in [5, 5.41) is 13.7. The lowest BCUT2D eigenvalue weighted by molar-refractivity contribution is -0.142. The van der Waals surface area contributed by atoms with Gasteiger partial charge in [-0.3, -0.25) is 9.69 Å². The van der Waals surface area contributed by atoms with Gasteiger partial charge in [-0.05, 0) is 52.1 Å². The predicted molar refractivity (Wildman–Crippen MR) is 89.3 cm³/mol. The Kier molecular flexibility index (Phi) is 5.03. The molecule has 0 saturated heterocycles. The first-order valence-corrected chi connectivity index (χ1v) is 7.84. The van der Waals surface area contributed by atoms with Gasteiger partial charge in [0.05, 0.1) is 11.4 Å². The highest BCUT2D eigenvalue weighted by Gasteiger charge is 2.20. The number of benzene rings is 1. The van der Waals surface area contributed by atoms with Crippen molar-refractivity contribution in [3.63, 3.8) is 0 Å². The third-order valence-corrected chi connectivity index (χ3v) is 4.47. The van der Waals surface area contributed by atoms with Crippen LogP contribution in [-0.4, -0.2) is 38.8 Å². The molecule has 2 aromatic rings. The van der Waals surface area contributed by atoms with Crippen molar-refractivity contribution in [1.29, 1.82) is 0 Å². The lowest BCUT2D eigenvalue weighted by Gasteiger charge is -2.21. The van der Waals surface area contributed by atoms with Crippen molar-refractivity contribution in [1.82, 2.24) is 14.7 Å². The molecule has 1 N–H and O–H groups in total. The van der Waals surface area contributed by atoms with Crippen LogP contribution >= 0.6 is 15.9 Å². The van der Waals surface area contributed by atoms with Crippen LogP contribution < -0.4 is 0 Å². The van der Waals surface area contributed by atoms with Crippen LogP contribution in [0.25, 0.3) is 5.69 Å². The van der Waals surface area contributed by atoms with Gasteiger partial charge < -0.3 is 5.11 Å². The summed E-state index contributed by atoms with van der Waals surface area (Å²) < 4.78 is 2.92. The van der Waals surface area contributed by atoms with E-state index in [-0.39, 0.29) is 0 Å². The van der Waals surface area contributed by atoms with Gasteiger partial charge in [-0.2, -0.15) is 5.10 Å². The van der Waals surface area contributed by atoms with Crippen LogP contribution in [0.5, 0.6) is 0 Å². The summed E-state index contributed by atoms with van der Waals surface area (Å²) in [5.41, 5.74) is 4.01. The monoisotopic (exact) mass is 365 g/mol. The number of carboxylic acids is 1. The van der Waals surface area contributed by atoms with E-state index in [2.05, 4.69) is 21.0 Å². The summed E-state index contributed by atoms with van der Waals surface area (Å²) in [4.78, 5) is 12.9. The number of nitrogens with zero attached hydrogens (tertiary/aromatic N) is 3. The quantitative estimate of drug-likeness (QED) is 0.883. The van der Waals surface area contributed by atoms with Crippen LogP contribution in [0.2, 0.25) is 0 Å². The number of aliphatic carboxylic acids is 1. The lowest BCUT2D eigenvalue weighted by Crippen LogP contribution is -2.35. The molecule has 2 rings (SSSR count). The van der Waals surface area contributed by atoms with Gasteiger partial charge in [0.2, 0.25) is 0 Å². The fraction of sp³-hybridized carbons (Fsp3) is 0.375. The van der Waals surface area contributed by atoms with E-state index in [4.69, 9.17) is 5.11 Å². The van der Waals surface area contributed by atoms with E-state index in [1.807, 2.05) is 54.7 Å². The molecule has 118 valence electrons. The largest absolute Gasteiger partial charge is 0.480 e. The Balaban J connectivity index is 2.31. The van der Waals surface area contributed by atoms with Gasteiger partial charge in [0.25, 0.3) is 0 Å². The molecular formula is C16H20BrN3O2. The number of hydrogen-bond acceptors (Lipinski definition) is 3. The molecule has 0 bridgehead atoms. The minimum absolute atomic E-state index is 0.533. The molecule has 1 atom stereocenters. The molecule has 1 heterocycles. The molecule has 5 nitrogen and oxygen atoms in total. The second-order valence-electron chi connectivity index (χ2n) is 5.47. The molecule has 6 heteroatoms. The van der Waals surface area contributed by atoms with Gasteiger partial charge in [0.15, 0.2) is 0 Å². The number of halogens is 1. The Labute approximate surface area is 138 Å². The Morgan fingerprint density at radius 1 is 1.36 bits per heavy atom. The highest BCUT2D eigenvalue weighted by Crippen LogP contribution is 2.21. The van der Waals surface area contributed by atoms with Crippen LogP contribution in [0.3, 0.4) is 0 Å². The highest BCUT2D eigenvalue weighted by atomic mass is 79.9. The molecule has 0 aliphatic rings. The number of aryl methyl sites for hydroxylation is 1. The molecular weight excluding hydrogens is 346 g/mol. The Bertz CT molecular complexity index is 679. The van der Waals surface area contributed by atoms with E-state index in [1.165, 1.54) is 0 Å². The van der Waals surface area contributed by atoms with E-state index >= 15 is 0 Å². The third-order valence-electron chi connectivity index (χ3n) is 3.94. The summed E-state index contributed by atoms with van der Waals surface area (Å²) in [6.07, 6.45) is 0. The van der Waals surface area contributed by atoms with Crippen molar-refractivity contribution in [3.8, 4) is 5.69 Å². The van der Waals surface area contributed by atoms with Crippen LogP contribution in [0.1, 0.15) is 23.9 Å². The number of carboxylic acid groups (broad SMARTS) is 1. The maximum Gasteiger partial charge on any atom is 0.320 e. The van der Waals surface area contributed by atoms with Crippen molar-refractivity contribution in [2.24, 2.45) is 0 Å². The summed E-state index contributed by atoms with van der Waals surface area (Å²) in [6, 6.07) is 7.41. The van der Waals surface area contributed by atoms with Crippen molar-refractivity contribution in [2.45, 2.75) is 33.4 Å². The number of likely N-dealkylation sites (N-methyl/N-ethyl adjacent to an activating group) is 1. The molecule has 0 aliphatic carbocycles. The van der Waals surface area contributed by atoms with Gasteiger partial charge >= 0.3 is 5.97 Å². The van der Waals surface area contributed by atoms with Crippen LogP contribution in [0.4, 0.5) is 0 Å². The molecule has 22 heavy (non-hydrogen) atoms. The second-order valence-corrected chi connectivity index (χ2v) is 6.38. The third kappa shape index (κ3) is 3.39. The van der Waals surface area contributed by atoms with E-state index in [0.717, 1.165) is 27.1 Å². The van der Waals surface area contributed by atoms with Gasteiger partial charge in [0, 0.05) is 22.3 Å². The molecule has 0 spiro atoms. The smallest absolute Gasteiger partial charge is 0.320 e. The standard InChI is InChI=1S/C16H20BrN3O2/c1-10-15(9-19(4)12(3)16(21)22)11(2)20(18-10)14-7-5-13(17)6-8-14/h5-8,12H,9H2,1-4H3,(H,21,22). The minimum Gasteiger partial charge on any atom is -0.480 e. The first-order valence-electron chi connectivity index (χ1n) is 7.05. The Hall–Kier alpha value is -1.66. The molecule has 1 aromatic carbocycles. The summed E-state index contributed by atoms with van der Waals surface area (Å²) >= 11 is 3.43. The number of carbonyl (C=O) groups is 1. The zero-order valence-corrected chi connectivity index (χ0v) is 14.8. The molecule has 0 saturated carbocycles.